The Labute approximate surface area is 155 Å². The molecule has 26 heavy (non-hydrogen) atoms. The van der Waals surface area contributed by atoms with Crippen LogP contribution in [0.2, 0.25) is 0 Å². The van der Waals surface area contributed by atoms with E-state index in [1.165, 1.54) is 16.7 Å². The zero-order chi connectivity index (χ0) is 17.8. The van der Waals surface area contributed by atoms with E-state index in [4.69, 9.17) is 4.74 Å². The third-order valence-corrected chi connectivity index (χ3v) is 5.49. The van der Waals surface area contributed by atoms with E-state index in [1.54, 1.807) is 0 Å². The molecule has 0 N–H and O–H groups in total. The summed E-state index contributed by atoms with van der Waals surface area (Å²) in [6, 6.07) is 19.5. The highest BCUT2D eigenvalue weighted by Crippen LogP contribution is 2.34. The zero-order valence-corrected chi connectivity index (χ0v) is 15.1. The molecule has 2 heterocycles. The lowest BCUT2D eigenvalue weighted by Gasteiger charge is -2.41. The van der Waals surface area contributed by atoms with Crippen LogP contribution in [0.15, 0.2) is 54.6 Å². The molecule has 4 heteroatoms. The molecule has 2 aliphatic heterocycles. The molecule has 136 valence electrons. The molecule has 0 saturated carbocycles. The summed E-state index contributed by atoms with van der Waals surface area (Å²) in [6.45, 7) is 3.48. The minimum Gasteiger partial charge on any atom is -0.378 e. The van der Waals surface area contributed by atoms with Gasteiger partial charge in [-0.1, -0.05) is 54.6 Å². The average Bonchev–Trinajstić information content (AvgIpc) is 2.73. The van der Waals surface area contributed by atoms with E-state index in [1.807, 2.05) is 11.0 Å². The molecule has 2 amide bonds. The number of carbonyl (C=O) groups is 1. The van der Waals surface area contributed by atoms with E-state index in [2.05, 4.69) is 53.4 Å². The fourth-order valence-corrected chi connectivity index (χ4v) is 4.08. The van der Waals surface area contributed by atoms with E-state index in [0.29, 0.717) is 26.3 Å². The maximum atomic E-state index is 13.2. The van der Waals surface area contributed by atoms with Crippen molar-refractivity contribution in [2.75, 3.05) is 32.8 Å². The fraction of sp³-hybridized carbons (Fsp3) is 0.409. The van der Waals surface area contributed by atoms with Crippen molar-refractivity contribution in [1.29, 1.82) is 0 Å². The number of ether oxygens (including phenoxy) is 1. The van der Waals surface area contributed by atoms with Crippen molar-refractivity contribution in [2.45, 2.75) is 25.3 Å². The number of carbonyl (C=O) groups excluding carboxylic acids is 1. The van der Waals surface area contributed by atoms with Crippen molar-refractivity contribution >= 4 is 6.03 Å². The van der Waals surface area contributed by atoms with Gasteiger partial charge in [0, 0.05) is 19.6 Å². The Bertz CT molecular complexity index is 741. The largest absolute Gasteiger partial charge is 0.378 e. The van der Waals surface area contributed by atoms with Gasteiger partial charge in [-0.05, 0) is 36.0 Å². The molecule has 2 aromatic carbocycles. The van der Waals surface area contributed by atoms with Crippen LogP contribution in [0.5, 0.6) is 0 Å². The Balaban J connectivity index is 1.56. The van der Waals surface area contributed by atoms with Gasteiger partial charge in [0.1, 0.15) is 0 Å². The second kappa shape index (κ2) is 7.92. The highest BCUT2D eigenvalue weighted by Gasteiger charge is 2.33. The lowest BCUT2D eigenvalue weighted by molar-refractivity contribution is 0.0376. The Morgan fingerprint density at radius 2 is 1.69 bits per heavy atom. The molecule has 1 saturated heterocycles. The van der Waals surface area contributed by atoms with E-state index < -0.39 is 0 Å². The zero-order valence-electron chi connectivity index (χ0n) is 15.1. The number of rotatable bonds is 3. The van der Waals surface area contributed by atoms with E-state index in [-0.39, 0.29) is 12.1 Å². The molecule has 1 fully saturated rings. The molecule has 1 atom stereocenters. The highest BCUT2D eigenvalue weighted by molar-refractivity contribution is 5.75. The van der Waals surface area contributed by atoms with Crippen LogP contribution in [0, 0.1) is 0 Å². The molecule has 2 aromatic rings. The normalized spacial score (nSPS) is 19.9. The Morgan fingerprint density at radius 1 is 0.962 bits per heavy atom. The number of morpholine rings is 1. The monoisotopic (exact) mass is 350 g/mol. The lowest BCUT2D eigenvalue weighted by Crippen LogP contribution is -2.51. The first kappa shape index (κ1) is 17.1. The van der Waals surface area contributed by atoms with Gasteiger partial charge in [0.15, 0.2) is 0 Å². The first-order chi connectivity index (χ1) is 12.8. The summed E-state index contributed by atoms with van der Waals surface area (Å²) in [4.78, 5) is 17.2. The maximum Gasteiger partial charge on any atom is 0.320 e. The molecule has 0 spiro atoms. The lowest BCUT2D eigenvalue weighted by atomic mass is 9.89. The van der Waals surface area contributed by atoms with Gasteiger partial charge in [-0.3, -0.25) is 0 Å². The predicted molar refractivity (Wildman–Crippen MR) is 102 cm³/mol. The molecule has 2 aliphatic rings. The van der Waals surface area contributed by atoms with Crippen LogP contribution >= 0.6 is 0 Å². The molecule has 4 nitrogen and oxygen atoms in total. The van der Waals surface area contributed by atoms with E-state index in [0.717, 1.165) is 25.8 Å². The average molecular weight is 350 g/mol. The SMILES string of the molecule is O=C(N1CCOCC1)N1CCc2ccccc2C1CCc1ccccc1. The second-order valence-corrected chi connectivity index (χ2v) is 7.06. The van der Waals surface area contributed by atoms with Crippen molar-refractivity contribution in [2.24, 2.45) is 0 Å². The number of fused-ring (bicyclic) bond motifs is 1. The van der Waals surface area contributed by atoms with Crippen LogP contribution in [0.3, 0.4) is 0 Å². The number of hydrogen-bond acceptors (Lipinski definition) is 2. The van der Waals surface area contributed by atoms with Gasteiger partial charge in [-0.2, -0.15) is 0 Å². The molecular formula is C22H26N2O2. The number of benzene rings is 2. The van der Waals surface area contributed by atoms with Gasteiger partial charge >= 0.3 is 6.03 Å². The summed E-state index contributed by atoms with van der Waals surface area (Å²) >= 11 is 0. The molecule has 4 rings (SSSR count). The highest BCUT2D eigenvalue weighted by atomic mass is 16.5. The molecule has 0 aliphatic carbocycles. The van der Waals surface area contributed by atoms with E-state index >= 15 is 0 Å². The van der Waals surface area contributed by atoms with Crippen molar-refractivity contribution in [3.05, 3.63) is 71.3 Å². The smallest absolute Gasteiger partial charge is 0.320 e. The summed E-state index contributed by atoms with van der Waals surface area (Å²) < 4.78 is 5.41. The standard InChI is InChI=1S/C22H26N2O2/c25-22(23-14-16-26-17-15-23)24-13-12-19-8-4-5-9-20(19)21(24)11-10-18-6-2-1-3-7-18/h1-9,21H,10-17H2. The predicted octanol–water partition coefficient (Wildman–Crippen LogP) is 3.67. The molecule has 0 aromatic heterocycles. The molecular weight excluding hydrogens is 324 g/mol. The quantitative estimate of drug-likeness (QED) is 0.846. The van der Waals surface area contributed by atoms with E-state index in [9.17, 15) is 4.79 Å². The maximum absolute atomic E-state index is 13.2. The number of amides is 2. The van der Waals surface area contributed by atoms with Crippen molar-refractivity contribution in [3.63, 3.8) is 0 Å². The van der Waals surface area contributed by atoms with Gasteiger partial charge in [0.2, 0.25) is 0 Å². The summed E-state index contributed by atoms with van der Waals surface area (Å²) in [5, 5.41) is 0. The summed E-state index contributed by atoms with van der Waals surface area (Å²) in [6.07, 6.45) is 2.87. The minimum atomic E-state index is 0.149. The van der Waals surface area contributed by atoms with Gasteiger partial charge in [-0.15, -0.1) is 0 Å². The fourth-order valence-electron chi connectivity index (χ4n) is 4.08. The van der Waals surface area contributed by atoms with Crippen LogP contribution in [-0.4, -0.2) is 48.7 Å². The topological polar surface area (TPSA) is 32.8 Å². The van der Waals surface area contributed by atoms with Gasteiger partial charge in [0.25, 0.3) is 0 Å². The molecule has 0 radical (unpaired) electrons. The van der Waals surface area contributed by atoms with Crippen molar-refractivity contribution in [3.8, 4) is 0 Å². The molecule has 1 unspecified atom stereocenters. The first-order valence-electron chi connectivity index (χ1n) is 9.58. The van der Waals surface area contributed by atoms with Crippen LogP contribution in [0.4, 0.5) is 4.79 Å². The van der Waals surface area contributed by atoms with Crippen LogP contribution in [-0.2, 0) is 17.6 Å². The van der Waals surface area contributed by atoms with Crippen molar-refractivity contribution in [1.82, 2.24) is 9.80 Å². The third-order valence-electron chi connectivity index (χ3n) is 5.49. The number of nitrogens with zero attached hydrogens (tertiary/aromatic N) is 2. The van der Waals surface area contributed by atoms with Gasteiger partial charge in [0.05, 0.1) is 19.3 Å². The van der Waals surface area contributed by atoms with Crippen LogP contribution < -0.4 is 0 Å². The van der Waals surface area contributed by atoms with Crippen molar-refractivity contribution < 1.29 is 9.53 Å². The number of urea groups is 1. The number of hydrogen-bond donors (Lipinski definition) is 0. The van der Waals surface area contributed by atoms with Crippen LogP contribution in [0.25, 0.3) is 0 Å². The summed E-state index contributed by atoms with van der Waals surface area (Å²) in [5.74, 6) is 0. The van der Waals surface area contributed by atoms with Gasteiger partial charge < -0.3 is 14.5 Å². The Morgan fingerprint density at radius 3 is 2.50 bits per heavy atom. The number of aryl methyl sites for hydroxylation is 1. The first-order valence-corrected chi connectivity index (χ1v) is 9.58. The summed E-state index contributed by atoms with van der Waals surface area (Å²) in [7, 11) is 0. The minimum absolute atomic E-state index is 0.149. The summed E-state index contributed by atoms with van der Waals surface area (Å²) in [5.41, 5.74) is 4.03. The Hall–Kier alpha value is -2.33. The van der Waals surface area contributed by atoms with Crippen LogP contribution in [0.1, 0.15) is 29.2 Å². The second-order valence-electron chi connectivity index (χ2n) is 7.06. The molecule has 0 bridgehead atoms. The van der Waals surface area contributed by atoms with Gasteiger partial charge in [-0.25, -0.2) is 4.79 Å². The third kappa shape index (κ3) is 3.61. The Kier molecular flexibility index (Phi) is 5.21.